The van der Waals surface area contributed by atoms with Crippen molar-refractivity contribution in [3.63, 3.8) is 0 Å². The first-order chi connectivity index (χ1) is 8.81. The molecule has 6 heteroatoms. The van der Waals surface area contributed by atoms with Gasteiger partial charge in [0.25, 0.3) is 5.89 Å². The Kier molecular flexibility index (Phi) is 2.14. The number of hydrogen-bond donors (Lipinski definition) is 1. The van der Waals surface area contributed by atoms with Gasteiger partial charge in [-0.15, -0.1) is 10.2 Å². The molecule has 1 unspecified atom stereocenters. The fraction of sp³-hybridized carbons (Fsp3) is 0.333. The largest absolute Gasteiger partial charge is 0.419 e. The number of nitrogens with zero attached hydrogens (tertiary/aromatic N) is 3. The molecule has 18 heavy (non-hydrogen) atoms. The van der Waals surface area contributed by atoms with Crippen LogP contribution in [0, 0.1) is 0 Å². The van der Waals surface area contributed by atoms with Gasteiger partial charge in [-0.25, -0.2) is 0 Å². The van der Waals surface area contributed by atoms with E-state index in [-0.39, 0.29) is 6.17 Å². The molecule has 3 heterocycles. The highest BCUT2D eigenvalue weighted by Gasteiger charge is 2.33. The Morgan fingerprint density at radius 3 is 3.11 bits per heavy atom. The number of hydrogen-bond acceptors (Lipinski definition) is 5. The maximum atomic E-state index is 5.73. The first kappa shape index (κ1) is 10.4. The summed E-state index contributed by atoms with van der Waals surface area (Å²) < 4.78 is 6.76. The molecule has 2 aliphatic heterocycles. The van der Waals surface area contributed by atoms with Crippen molar-refractivity contribution < 1.29 is 4.42 Å². The molecule has 1 saturated carbocycles. The fourth-order valence-electron chi connectivity index (χ4n) is 2.13. The predicted molar refractivity (Wildman–Crippen MR) is 69.2 cm³/mol. The van der Waals surface area contributed by atoms with E-state index >= 15 is 0 Å². The molecule has 3 aliphatic rings. The molecule has 0 saturated heterocycles. The Hall–Kier alpha value is -1.56. The van der Waals surface area contributed by atoms with E-state index in [9.17, 15) is 0 Å². The van der Waals surface area contributed by atoms with E-state index in [1.807, 2.05) is 18.5 Å². The quantitative estimate of drug-likeness (QED) is 0.908. The highest BCUT2D eigenvalue weighted by Crippen LogP contribution is 2.40. The Morgan fingerprint density at radius 1 is 1.39 bits per heavy atom. The summed E-state index contributed by atoms with van der Waals surface area (Å²) in [6, 6.07) is 0. The van der Waals surface area contributed by atoms with Gasteiger partial charge in [0.1, 0.15) is 11.9 Å². The second-order valence-corrected chi connectivity index (χ2v) is 5.56. The van der Waals surface area contributed by atoms with Gasteiger partial charge in [-0.3, -0.25) is 0 Å². The van der Waals surface area contributed by atoms with Crippen molar-refractivity contribution in [2.45, 2.75) is 24.9 Å². The van der Waals surface area contributed by atoms with E-state index in [4.69, 9.17) is 4.42 Å². The molecular formula is C12H11BrN4O. The van der Waals surface area contributed by atoms with Gasteiger partial charge < -0.3 is 14.6 Å². The first-order valence-corrected chi connectivity index (χ1v) is 6.74. The van der Waals surface area contributed by atoms with Crippen molar-refractivity contribution in [2.24, 2.45) is 0 Å². The zero-order valence-corrected chi connectivity index (χ0v) is 11.1. The number of nitrogens with one attached hydrogen (secondary N) is 1. The van der Waals surface area contributed by atoms with E-state index in [2.05, 4.69) is 42.4 Å². The highest BCUT2D eigenvalue weighted by molar-refractivity contribution is 9.11. The summed E-state index contributed by atoms with van der Waals surface area (Å²) in [5.41, 5.74) is 0.917. The highest BCUT2D eigenvalue weighted by atomic mass is 79.9. The van der Waals surface area contributed by atoms with Crippen LogP contribution in [0.2, 0.25) is 0 Å². The Balaban J connectivity index is 1.65. The predicted octanol–water partition coefficient (Wildman–Crippen LogP) is 2.28. The molecule has 0 spiro atoms. The van der Waals surface area contributed by atoms with Gasteiger partial charge in [0, 0.05) is 22.8 Å². The van der Waals surface area contributed by atoms with Gasteiger partial charge in [-0.05, 0) is 40.9 Å². The van der Waals surface area contributed by atoms with Crippen molar-refractivity contribution in [1.29, 1.82) is 0 Å². The third-order valence-electron chi connectivity index (χ3n) is 3.26. The molecule has 0 radical (unpaired) electrons. The maximum absolute atomic E-state index is 5.73. The van der Waals surface area contributed by atoms with E-state index in [0.717, 1.165) is 16.1 Å². The van der Waals surface area contributed by atoms with Gasteiger partial charge in [0.05, 0.1) is 0 Å². The van der Waals surface area contributed by atoms with E-state index in [1.54, 1.807) is 0 Å². The van der Waals surface area contributed by atoms with Crippen LogP contribution in [0.15, 0.2) is 33.5 Å². The molecule has 1 aromatic rings. The molecule has 1 aliphatic carbocycles. The van der Waals surface area contributed by atoms with Crippen molar-refractivity contribution in [3.8, 4) is 0 Å². The average Bonchev–Trinajstić information content (AvgIpc) is 2.96. The SMILES string of the molecule is BrC1=CN2C(c3nnc(C4CC4)o3)=CNC2C=C1. The normalized spacial score (nSPS) is 25.6. The second-order valence-electron chi connectivity index (χ2n) is 4.64. The van der Waals surface area contributed by atoms with Crippen LogP contribution < -0.4 is 5.32 Å². The average molecular weight is 307 g/mol. The summed E-state index contributed by atoms with van der Waals surface area (Å²) in [5, 5.41) is 11.5. The summed E-state index contributed by atoms with van der Waals surface area (Å²) in [7, 11) is 0. The second kappa shape index (κ2) is 3.71. The lowest BCUT2D eigenvalue weighted by molar-refractivity contribution is 0.415. The molecule has 1 fully saturated rings. The maximum Gasteiger partial charge on any atom is 0.265 e. The first-order valence-electron chi connectivity index (χ1n) is 5.95. The number of fused-ring (bicyclic) bond motifs is 1. The van der Waals surface area contributed by atoms with Crippen molar-refractivity contribution in [1.82, 2.24) is 20.4 Å². The van der Waals surface area contributed by atoms with E-state index < -0.39 is 0 Å². The topological polar surface area (TPSA) is 54.2 Å². The number of rotatable bonds is 2. The van der Waals surface area contributed by atoms with Crippen molar-refractivity contribution in [3.05, 3.63) is 40.8 Å². The lowest BCUT2D eigenvalue weighted by Crippen LogP contribution is -2.32. The van der Waals surface area contributed by atoms with Crippen LogP contribution in [-0.4, -0.2) is 21.3 Å². The standard InChI is InChI=1S/C12H11BrN4O/c13-8-3-4-10-14-5-9(17(10)6-8)12-16-15-11(18-12)7-1-2-7/h3-7,10,14H,1-2H2. The summed E-state index contributed by atoms with van der Waals surface area (Å²) in [4.78, 5) is 2.08. The summed E-state index contributed by atoms with van der Waals surface area (Å²) in [6.45, 7) is 0. The third kappa shape index (κ3) is 1.59. The lowest BCUT2D eigenvalue weighted by atomic mass is 10.3. The molecule has 0 bridgehead atoms. The minimum absolute atomic E-state index is 0.137. The van der Waals surface area contributed by atoms with Gasteiger partial charge in [0.15, 0.2) is 0 Å². The van der Waals surface area contributed by atoms with Crippen LogP contribution in [0.5, 0.6) is 0 Å². The van der Waals surface area contributed by atoms with Gasteiger partial charge in [-0.1, -0.05) is 0 Å². The van der Waals surface area contributed by atoms with E-state index in [1.165, 1.54) is 12.8 Å². The lowest BCUT2D eigenvalue weighted by Gasteiger charge is -2.24. The molecule has 0 aromatic carbocycles. The van der Waals surface area contributed by atoms with Crippen LogP contribution in [0.3, 0.4) is 0 Å². The van der Waals surface area contributed by atoms with Crippen LogP contribution in [0.1, 0.15) is 30.5 Å². The number of aromatic nitrogens is 2. The summed E-state index contributed by atoms with van der Waals surface area (Å²) in [5.74, 6) is 1.84. The van der Waals surface area contributed by atoms with Crippen LogP contribution in [0.25, 0.3) is 5.70 Å². The van der Waals surface area contributed by atoms with Crippen molar-refractivity contribution >= 4 is 21.6 Å². The summed E-state index contributed by atoms with van der Waals surface area (Å²) in [6.07, 6.45) is 10.5. The number of halogens is 1. The zero-order valence-electron chi connectivity index (χ0n) is 9.51. The molecule has 1 N–H and O–H groups in total. The molecule has 92 valence electrons. The Morgan fingerprint density at radius 2 is 2.28 bits per heavy atom. The van der Waals surface area contributed by atoms with Crippen LogP contribution in [-0.2, 0) is 0 Å². The summed E-state index contributed by atoms with van der Waals surface area (Å²) >= 11 is 3.47. The third-order valence-corrected chi connectivity index (χ3v) is 3.72. The molecule has 5 nitrogen and oxygen atoms in total. The zero-order chi connectivity index (χ0) is 12.1. The number of allylic oxidation sites excluding steroid dienone is 2. The fourth-order valence-corrected chi connectivity index (χ4v) is 2.50. The molecule has 4 rings (SSSR count). The minimum atomic E-state index is 0.137. The van der Waals surface area contributed by atoms with E-state index in [0.29, 0.717) is 11.8 Å². The van der Waals surface area contributed by atoms with Crippen molar-refractivity contribution in [2.75, 3.05) is 0 Å². The monoisotopic (exact) mass is 306 g/mol. The minimum Gasteiger partial charge on any atom is -0.419 e. The Bertz CT molecular complexity index is 585. The molecule has 0 amide bonds. The van der Waals surface area contributed by atoms with Crippen LogP contribution >= 0.6 is 15.9 Å². The van der Waals surface area contributed by atoms with Crippen LogP contribution in [0.4, 0.5) is 0 Å². The molecular weight excluding hydrogens is 296 g/mol. The van der Waals surface area contributed by atoms with Gasteiger partial charge in [-0.2, -0.15) is 0 Å². The molecule has 1 aromatic heterocycles. The Labute approximate surface area is 112 Å². The molecule has 1 atom stereocenters. The van der Waals surface area contributed by atoms with Gasteiger partial charge >= 0.3 is 0 Å². The van der Waals surface area contributed by atoms with Gasteiger partial charge in [0.2, 0.25) is 5.89 Å². The smallest absolute Gasteiger partial charge is 0.265 e.